The molecule has 1 aromatic rings. The maximum absolute atomic E-state index is 5.83. The van der Waals surface area contributed by atoms with Crippen LogP contribution in [0.2, 0.25) is 0 Å². The molecule has 15 heavy (non-hydrogen) atoms. The van der Waals surface area contributed by atoms with Crippen molar-refractivity contribution in [2.24, 2.45) is 0 Å². The van der Waals surface area contributed by atoms with Crippen molar-refractivity contribution in [2.75, 3.05) is 25.9 Å². The fourth-order valence-electron chi connectivity index (χ4n) is 2.29. The van der Waals surface area contributed by atoms with Gasteiger partial charge < -0.3 is 10.6 Å². The van der Waals surface area contributed by atoms with E-state index < -0.39 is 0 Å². The predicted octanol–water partition coefficient (Wildman–Crippen LogP) is 2.39. The van der Waals surface area contributed by atoms with Gasteiger partial charge in [-0.2, -0.15) is 0 Å². The van der Waals surface area contributed by atoms with Gasteiger partial charge in [-0.25, -0.2) is 0 Å². The highest BCUT2D eigenvalue weighted by Gasteiger charge is 2.18. The van der Waals surface area contributed by atoms with E-state index in [2.05, 4.69) is 31.0 Å². The number of benzene rings is 1. The van der Waals surface area contributed by atoms with E-state index in [0.29, 0.717) is 0 Å². The van der Waals surface area contributed by atoms with Gasteiger partial charge in [0, 0.05) is 5.69 Å². The van der Waals surface area contributed by atoms with Crippen molar-refractivity contribution in [2.45, 2.75) is 25.7 Å². The minimum Gasteiger partial charge on any atom is -0.399 e. The Hall–Kier alpha value is -1.02. The summed E-state index contributed by atoms with van der Waals surface area (Å²) in [4.78, 5) is 2.40. The van der Waals surface area contributed by atoms with E-state index in [1.807, 2.05) is 6.07 Å². The van der Waals surface area contributed by atoms with Crippen LogP contribution in [0.1, 0.15) is 29.9 Å². The molecule has 1 saturated heterocycles. The molecule has 0 saturated carbocycles. The molecule has 0 unspecified atom stereocenters. The topological polar surface area (TPSA) is 29.3 Å². The summed E-state index contributed by atoms with van der Waals surface area (Å²) >= 11 is 0. The zero-order chi connectivity index (χ0) is 10.8. The minimum absolute atomic E-state index is 0.737. The van der Waals surface area contributed by atoms with Crippen molar-refractivity contribution >= 4 is 5.69 Å². The van der Waals surface area contributed by atoms with E-state index >= 15 is 0 Å². The monoisotopic (exact) mass is 204 g/mol. The second-order valence-electron chi connectivity index (χ2n) is 4.69. The number of nitrogens with zero attached hydrogens (tertiary/aromatic N) is 1. The molecular weight excluding hydrogens is 184 g/mol. The van der Waals surface area contributed by atoms with E-state index in [-0.39, 0.29) is 0 Å². The van der Waals surface area contributed by atoms with Crippen LogP contribution in [0.15, 0.2) is 18.2 Å². The molecule has 0 bridgehead atoms. The van der Waals surface area contributed by atoms with Gasteiger partial charge in [0.05, 0.1) is 0 Å². The third kappa shape index (κ3) is 2.32. The lowest BCUT2D eigenvalue weighted by atomic mass is 9.88. The summed E-state index contributed by atoms with van der Waals surface area (Å²) in [6.45, 7) is 4.52. The number of likely N-dealkylation sites (tertiary alicyclic amines) is 1. The average Bonchev–Trinajstić information content (AvgIpc) is 2.23. The second-order valence-corrected chi connectivity index (χ2v) is 4.69. The maximum Gasteiger partial charge on any atom is 0.0343 e. The smallest absolute Gasteiger partial charge is 0.0343 e. The summed E-state index contributed by atoms with van der Waals surface area (Å²) in [6, 6.07) is 6.49. The number of nitrogens with two attached hydrogens (primary N) is 1. The fraction of sp³-hybridized carbons (Fsp3) is 0.538. The standard InChI is InChI=1S/C13H20N2/c1-10-9-12(3-4-13(10)14)11-5-7-15(2)8-6-11/h3-4,9,11H,5-8,14H2,1-2H3. The molecule has 0 aliphatic carbocycles. The normalized spacial score (nSPS) is 19.3. The van der Waals surface area contributed by atoms with Crippen LogP contribution in [0, 0.1) is 6.92 Å². The van der Waals surface area contributed by atoms with Gasteiger partial charge in [-0.1, -0.05) is 12.1 Å². The predicted molar refractivity (Wildman–Crippen MR) is 65.1 cm³/mol. The zero-order valence-corrected chi connectivity index (χ0v) is 9.66. The van der Waals surface area contributed by atoms with Crippen LogP contribution in [0.25, 0.3) is 0 Å². The molecule has 2 heteroatoms. The highest BCUT2D eigenvalue weighted by molar-refractivity contribution is 5.48. The Morgan fingerprint density at radius 3 is 2.53 bits per heavy atom. The molecule has 0 spiro atoms. The number of rotatable bonds is 1. The van der Waals surface area contributed by atoms with Crippen molar-refractivity contribution in [3.63, 3.8) is 0 Å². The molecule has 0 radical (unpaired) electrons. The van der Waals surface area contributed by atoms with Gasteiger partial charge in [-0.05, 0) is 63.0 Å². The van der Waals surface area contributed by atoms with E-state index in [1.165, 1.54) is 37.1 Å². The molecule has 0 amide bonds. The molecule has 1 heterocycles. The molecule has 82 valence electrons. The lowest BCUT2D eigenvalue weighted by Gasteiger charge is -2.29. The first-order valence-electron chi connectivity index (χ1n) is 5.71. The van der Waals surface area contributed by atoms with Gasteiger partial charge in [-0.15, -0.1) is 0 Å². The molecule has 1 fully saturated rings. The van der Waals surface area contributed by atoms with Gasteiger partial charge >= 0.3 is 0 Å². The highest BCUT2D eigenvalue weighted by atomic mass is 15.1. The van der Waals surface area contributed by atoms with Crippen LogP contribution >= 0.6 is 0 Å². The summed E-state index contributed by atoms with van der Waals surface area (Å²) in [5.41, 5.74) is 9.42. The lowest BCUT2D eigenvalue weighted by Crippen LogP contribution is -2.29. The molecule has 2 N–H and O–H groups in total. The Balaban J connectivity index is 2.12. The van der Waals surface area contributed by atoms with E-state index in [1.54, 1.807) is 0 Å². The Bertz CT molecular complexity index is 338. The van der Waals surface area contributed by atoms with Crippen LogP contribution in [-0.2, 0) is 0 Å². The Kier molecular flexibility index (Phi) is 2.96. The summed E-state index contributed by atoms with van der Waals surface area (Å²) in [5.74, 6) is 0.737. The summed E-state index contributed by atoms with van der Waals surface area (Å²) in [6.07, 6.45) is 2.56. The quantitative estimate of drug-likeness (QED) is 0.712. The summed E-state index contributed by atoms with van der Waals surface area (Å²) < 4.78 is 0. The van der Waals surface area contributed by atoms with Crippen LogP contribution < -0.4 is 5.73 Å². The highest BCUT2D eigenvalue weighted by Crippen LogP contribution is 2.29. The van der Waals surface area contributed by atoms with Gasteiger partial charge in [0.2, 0.25) is 0 Å². The largest absolute Gasteiger partial charge is 0.399 e. The zero-order valence-electron chi connectivity index (χ0n) is 9.66. The van der Waals surface area contributed by atoms with Gasteiger partial charge in [0.15, 0.2) is 0 Å². The van der Waals surface area contributed by atoms with E-state index in [4.69, 9.17) is 5.73 Å². The number of piperidine rings is 1. The number of nitrogen functional groups attached to an aromatic ring is 1. The summed E-state index contributed by atoms with van der Waals surface area (Å²) in [5, 5.41) is 0. The van der Waals surface area contributed by atoms with Crippen LogP contribution in [0.4, 0.5) is 5.69 Å². The molecule has 2 nitrogen and oxygen atoms in total. The molecule has 2 rings (SSSR count). The Morgan fingerprint density at radius 1 is 1.27 bits per heavy atom. The summed E-state index contributed by atoms with van der Waals surface area (Å²) in [7, 11) is 2.20. The first kappa shape index (κ1) is 10.5. The SMILES string of the molecule is Cc1cc(C2CCN(C)CC2)ccc1N. The van der Waals surface area contributed by atoms with Crippen LogP contribution in [-0.4, -0.2) is 25.0 Å². The lowest BCUT2D eigenvalue weighted by molar-refractivity contribution is 0.255. The molecule has 0 aromatic heterocycles. The van der Waals surface area contributed by atoms with Crippen molar-refractivity contribution in [3.8, 4) is 0 Å². The molecular formula is C13H20N2. The van der Waals surface area contributed by atoms with Gasteiger partial charge in [-0.3, -0.25) is 0 Å². The van der Waals surface area contributed by atoms with Gasteiger partial charge in [0.25, 0.3) is 0 Å². The molecule has 1 aromatic carbocycles. The molecule has 1 aliphatic rings. The van der Waals surface area contributed by atoms with Crippen molar-refractivity contribution in [1.82, 2.24) is 4.90 Å². The number of anilines is 1. The maximum atomic E-state index is 5.83. The molecule has 0 atom stereocenters. The third-order valence-corrected chi connectivity index (χ3v) is 3.48. The van der Waals surface area contributed by atoms with E-state index in [9.17, 15) is 0 Å². The van der Waals surface area contributed by atoms with Crippen molar-refractivity contribution in [3.05, 3.63) is 29.3 Å². The van der Waals surface area contributed by atoms with Crippen molar-refractivity contribution < 1.29 is 0 Å². The van der Waals surface area contributed by atoms with Crippen LogP contribution in [0.5, 0.6) is 0 Å². The first-order chi connectivity index (χ1) is 7.16. The second kappa shape index (κ2) is 4.23. The van der Waals surface area contributed by atoms with E-state index in [0.717, 1.165) is 11.6 Å². The van der Waals surface area contributed by atoms with Crippen LogP contribution in [0.3, 0.4) is 0 Å². The first-order valence-corrected chi connectivity index (χ1v) is 5.71. The van der Waals surface area contributed by atoms with Crippen molar-refractivity contribution in [1.29, 1.82) is 0 Å². The minimum atomic E-state index is 0.737. The third-order valence-electron chi connectivity index (χ3n) is 3.48. The average molecular weight is 204 g/mol. The number of aryl methyl sites for hydroxylation is 1. The number of hydrogen-bond acceptors (Lipinski definition) is 2. The Morgan fingerprint density at radius 2 is 1.93 bits per heavy atom. The van der Waals surface area contributed by atoms with Gasteiger partial charge in [0.1, 0.15) is 0 Å². The molecule has 1 aliphatic heterocycles. The fourth-order valence-corrected chi connectivity index (χ4v) is 2.29. The number of hydrogen-bond donors (Lipinski definition) is 1. The Labute approximate surface area is 92.1 Å².